The number of aliphatic hydroxyl groups is 1. The maximum absolute atomic E-state index is 11.7. The van der Waals surface area contributed by atoms with Gasteiger partial charge in [0.05, 0.1) is 22.5 Å². The minimum Gasteiger partial charge on any atom is -0.512 e. The Labute approximate surface area is 274 Å². The molecule has 6 nitrogen and oxygen atoms in total. The van der Waals surface area contributed by atoms with Gasteiger partial charge in [-0.3, -0.25) is 19.7 Å². The maximum atomic E-state index is 11.7. The van der Waals surface area contributed by atoms with Crippen molar-refractivity contribution in [3.8, 4) is 11.4 Å². The van der Waals surface area contributed by atoms with Gasteiger partial charge in [0.25, 0.3) is 0 Å². The number of hydrogen-bond acceptors (Lipinski definition) is 6. The summed E-state index contributed by atoms with van der Waals surface area (Å²) in [5.41, 5.74) is 6.00. The molecule has 0 aliphatic rings. The van der Waals surface area contributed by atoms with Crippen LogP contribution in [0.25, 0.3) is 44.2 Å². The Morgan fingerprint density at radius 1 is 0.955 bits per heavy atom. The van der Waals surface area contributed by atoms with Crippen LogP contribution in [0.1, 0.15) is 90.2 Å². The van der Waals surface area contributed by atoms with Crippen molar-refractivity contribution in [2.45, 2.75) is 87.0 Å². The molecule has 7 heteroatoms. The Morgan fingerprint density at radius 2 is 1.61 bits per heavy atom. The number of ketones is 1. The molecule has 0 saturated carbocycles. The van der Waals surface area contributed by atoms with Gasteiger partial charge in [0.1, 0.15) is 11.3 Å². The van der Waals surface area contributed by atoms with Crippen molar-refractivity contribution in [1.29, 1.82) is 0 Å². The van der Waals surface area contributed by atoms with Gasteiger partial charge in [0.2, 0.25) is 0 Å². The van der Waals surface area contributed by atoms with Gasteiger partial charge in [-0.1, -0.05) is 59.1 Å². The van der Waals surface area contributed by atoms with Gasteiger partial charge in [-0.25, -0.2) is 0 Å². The number of pyridine rings is 3. The number of aromatic nitrogens is 3. The Hall–Kier alpha value is -3.41. The third-order valence-electron chi connectivity index (χ3n) is 8.40. The number of aryl methyl sites for hydroxylation is 2. The smallest absolute Gasteiger partial charge is 0.162 e. The molecule has 5 aromatic rings. The van der Waals surface area contributed by atoms with Crippen LogP contribution in [-0.2, 0) is 24.9 Å². The molecular formula is C37H44IrN3O3-. The predicted octanol–water partition coefficient (Wildman–Crippen LogP) is 10.00. The number of aliphatic hydroxyl groups excluding tert-OH is 1. The van der Waals surface area contributed by atoms with E-state index >= 15 is 0 Å². The molecule has 0 amide bonds. The van der Waals surface area contributed by atoms with E-state index in [-0.39, 0.29) is 49.4 Å². The topological polar surface area (TPSA) is 89.1 Å². The quantitative estimate of drug-likeness (QED) is 0.0912. The van der Waals surface area contributed by atoms with Crippen molar-refractivity contribution in [3.05, 3.63) is 77.5 Å². The van der Waals surface area contributed by atoms with Crippen LogP contribution in [0.15, 0.2) is 58.8 Å². The molecule has 0 aliphatic heterocycles. The average Bonchev–Trinajstić information content (AvgIpc) is 3.31. The predicted molar refractivity (Wildman–Crippen MR) is 176 cm³/mol. The van der Waals surface area contributed by atoms with Crippen LogP contribution in [0.3, 0.4) is 0 Å². The number of carbonyl (C=O) groups excluding carboxylic acids is 1. The molecule has 0 bridgehead atoms. The molecule has 0 saturated heterocycles. The van der Waals surface area contributed by atoms with Gasteiger partial charge in [0.15, 0.2) is 5.78 Å². The zero-order valence-electron chi connectivity index (χ0n) is 27.1. The van der Waals surface area contributed by atoms with E-state index in [9.17, 15) is 9.90 Å². The number of carbonyl (C=O) groups is 1. The largest absolute Gasteiger partial charge is 0.512 e. The minimum atomic E-state index is 0. The minimum absolute atomic E-state index is 0. The normalized spacial score (nSPS) is 11.8. The molecule has 235 valence electrons. The molecule has 1 radical (unpaired) electrons. The molecule has 0 fully saturated rings. The molecule has 0 spiro atoms. The van der Waals surface area contributed by atoms with E-state index in [2.05, 4.69) is 44.0 Å². The first-order valence-corrected chi connectivity index (χ1v) is 15.6. The van der Waals surface area contributed by atoms with Crippen LogP contribution >= 0.6 is 0 Å². The third kappa shape index (κ3) is 7.27. The molecule has 0 unspecified atom stereocenters. The maximum Gasteiger partial charge on any atom is 0.162 e. The van der Waals surface area contributed by atoms with Gasteiger partial charge >= 0.3 is 0 Å². The van der Waals surface area contributed by atoms with Gasteiger partial charge < -0.3 is 9.52 Å². The van der Waals surface area contributed by atoms with E-state index in [1.165, 1.54) is 6.08 Å². The van der Waals surface area contributed by atoms with Crippen LogP contribution in [0.5, 0.6) is 0 Å². The van der Waals surface area contributed by atoms with Crippen LogP contribution < -0.4 is 0 Å². The molecular weight excluding hydrogens is 727 g/mol. The summed E-state index contributed by atoms with van der Waals surface area (Å²) in [4.78, 5) is 26.1. The molecule has 0 aliphatic carbocycles. The van der Waals surface area contributed by atoms with E-state index in [0.29, 0.717) is 5.69 Å². The number of rotatable bonds is 9. The second-order valence-corrected chi connectivity index (χ2v) is 11.5. The summed E-state index contributed by atoms with van der Waals surface area (Å²) in [5, 5.41) is 12.9. The molecule has 1 N–H and O–H groups in total. The van der Waals surface area contributed by atoms with E-state index in [1.54, 1.807) is 6.20 Å². The van der Waals surface area contributed by atoms with Crippen molar-refractivity contribution >= 4 is 38.6 Å². The molecule has 1 aromatic carbocycles. The summed E-state index contributed by atoms with van der Waals surface area (Å²) in [6.07, 6.45) is 6.70. The van der Waals surface area contributed by atoms with Crippen LogP contribution in [-0.4, -0.2) is 25.8 Å². The van der Waals surface area contributed by atoms with E-state index < -0.39 is 0 Å². The fourth-order valence-corrected chi connectivity index (χ4v) is 5.57. The van der Waals surface area contributed by atoms with Gasteiger partial charge in [-0.2, -0.15) is 0 Å². The molecule has 44 heavy (non-hydrogen) atoms. The zero-order chi connectivity index (χ0) is 31.3. The number of nitrogens with zero attached hydrogens (tertiary/aromatic N) is 3. The number of benzene rings is 1. The first-order chi connectivity index (χ1) is 20.6. The van der Waals surface area contributed by atoms with Crippen molar-refractivity contribution in [2.24, 2.45) is 11.8 Å². The Kier molecular flexibility index (Phi) is 12.4. The standard InChI is InChI=1S/C24H20N3O.C13H24O2.Ir/c1-13(2)21-17-9-6-5-8-16(17)12-19(27-21)23-24-20(14(3)15(4)28-24)22-18(26-23)10-7-11-25-22;1-5-10(6-2)12(14)9-13(15)11(7-3)8-4;/h5-11,13H,1-4H3;9-11,14H,5-8H2,1-4H3;/q-1;;/b;12-9-;. The molecule has 4 aromatic heterocycles. The fourth-order valence-electron chi connectivity index (χ4n) is 5.57. The van der Waals surface area contributed by atoms with Gasteiger partial charge in [-0.15, -0.1) is 23.6 Å². The van der Waals surface area contributed by atoms with Gasteiger partial charge in [-0.05, 0) is 63.1 Å². The summed E-state index contributed by atoms with van der Waals surface area (Å²) in [6, 6.07) is 15.6. The number of hydrogen-bond donors (Lipinski definition) is 1. The molecule has 5 rings (SSSR count). The van der Waals surface area contributed by atoms with E-state index in [1.807, 2.05) is 58.9 Å². The van der Waals surface area contributed by atoms with E-state index in [0.717, 1.165) is 81.2 Å². The van der Waals surface area contributed by atoms with Crippen molar-refractivity contribution < 1.29 is 34.4 Å². The molecule has 4 heterocycles. The van der Waals surface area contributed by atoms with Crippen LogP contribution in [0.4, 0.5) is 0 Å². The average molecular weight is 771 g/mol. The Balaban J connectivity index is 0.000000286. The van der Waals surface area contributed by atoms with Crippen molar-refractivity contribution in [1.82, 2.24) is 15.0 Å². The van der Waals surface area contributed by atoms with Crippen molar-refractivity contribution in [3.63, 3.8) is 0 Å². The fraction of sp³-hybridized carbons (Fsp3) is 0.405. The Bertz CT molecular complexity index is 1770. The molecule has 0 atom stereocenters. The first kappa shape index (κ1) is 35.1. The van der Waals surface area contributed by atoms with E-state index in [4.69, 9.17) is 14.4 Å². The number of allylic oxidation sites excluding steroid dienone is 2. The second kappa shape index (κ2) is 15.5. The zero-order valence-corrected chi connectivity index (χ0v) is 29.5. The van der Waals surface area contributed by atoms with Gasteiger partial charge in [0, 0.05) is 61.0 Å². The summed E-state index contributed by atoms with van der Waals surface area (Å²) in [6.45, 7) is 16.4. The van der Waals surface area contributed by atoms with Crippen LogP contribution in [0, 0.1) is 31.7 Å². The second-order valence-electron chi connectivity index (χ2n) is 11.5. The SMILES string of the molecule is CCC(CC)C(=O)/C=C(\O)C(CC)CC.Cc1oc2c(-c3[c-]c4ccccc4c(C(C)C)n3)nc3cccnc3c2c1C.[Ir]. The number of fused-ring (bicyclic) bond motifs is 4. The first-order valence-electron chi connectivity index (χ1n) is 15.6. The monoisotopic (exact) mass is 771 g/mol. The van der Waals surface area contributed by atoms with Crippen molar-refractivity contribution in [2.75, 3.05) is 0 Å². The summed E-state index contributed by atoms with van der Waals surface area (Å²) >= 11 is 0. The Morgan fingerprint density at radius 3 is 2.25 bits per heavy atom. The van der Waals surface area contributed by atoms with Crippen LogP contribution in [0.2, 0.25) is 0 Å². The summed E-state index contributed by atoms with van der Waals surface area (Å²) in [5.74, 6) is 1.71. The summed E-state index contributed by atoms with van der Waals surface area (Å²) in [7, 11) is 0. The number of furan rings is 1. The third-order valence-corrected chi connectivity index (χ3v) is 8.40. The summed E-state index contributed by atoms with van der Waals surface area (Å²) < 4.78 is 6.14.